The molecule has 1 N–H and O–H groups in total. The van der Waals surface area contributed by atoms with E-state index in [1.54, 1.807) is 0 Å². The maximum Gasteiger partial charge on any atom is 0.0597 e. The summed E-state index contributed by atoms with van der Waals surface area (Å²) in [6.45, 7) is 2.71. The van der Waals surface area contributed by atoms with Crippen LogP contribution in [-0.2, 0) is 4.74 Å². The van der Waals surface area contributed by atoms with Crippen LogP contribution in [0.1, 0.15) is 38.5 Å². The molecular formula is C12H25NO2. The van der Waals surface area contributed by atoms with Crippen LogP contribution in [0, 0.1) is 0 Å². The first-order chi connectivity index (χ1) is 7.33. The minimum atomic E-state index is 0.236. The lowest BCUT2D eigenvalue weighted by Crippen LogP contribution is -2.27. The lowest BCUT2D eigenvalue weighted by Gasteiger charge is -2.19. The molecule has 0 radical (unpaired) electrons. The van der Waals surface area contributed by atoms with E-state index in [-0.39, 0.29) is 6.61 Å². The fraction of sp³-hybridized carbons (Fsp3) is 1.00. The standard InChI is InChI=1S/C12H25NO2/c1-13(8-10-14)9-11-15-12-6-4-2-3-5-7-12/h12,14H,2-11H2,1H3. The van der Waals surface area contributed by atoms with Crippen LogP contribution in [0.15, 0.2) is 0 Å². The van der Waals surface area contributed by atoms with Crippen molar-refractivity contribution in [3.63, 3.8) is 0 Å². The quantitative estimate of drug-likeness (QED) is 0.684. The van der Waals surface area contributed by atoms with Gasteiger partial charge in [0.05, 0.1) is 19.3 Å². The van der Waals surface area contributed by atoms with Crippen LogP contribution in [0.25, 0.3) is 0 Å². The Morgan fingerprint density at radius 1 is 1.13 bits per heavy atom. The normalized spacial score (nSPS) is 19.4. The van der Waals surface area contributed by atoms with Crippen LogP contribution in [0.2, 0.25) is 0 Å². The molecule has 0 aliphatic heterocycles. The first kappa shape index (κ1) is 12.9. The van der Waals surface area contributed by atoms with Crippen molar-refractivity contribution in [3.05, 3.63) is 0 Å². The number of likely N-dealkylation sites (N-methyl/N-ethyl adjacent to an activating group) is 1. The van der Waals surface area contributed by atoms with E-state index < -0.39 is 0 Å². The molecule has 3 nitrogen and oxygen atoms in total. The van der Waals surface area contributed by atoms with Gasteiger partial charge >= 0.3 is 0 Å². The average molecular weight is 215 g/mol. The molecule has 0 saturated heterocycles. The minimum absolute atomic E-state index is 0.236. The van der Waals surface area contributed by atoms with Crippen LogP contribution in [0.5, 0.6) is 0 Å². The zero-order valence-corrected chi connectivity index (χ0v) is 9.95. The van der Waals surface area contributed by atoms with Gasteiger partial charge in [0.25, 0.3) is 0 Å². The Morgan fingerprint density at radius 3 is 2.40 bits per heavy atom. The highest BCUT2D eigenvalue weighted by molar-refractivity contribution is 4.64. The predicted molar refractivity (Wildman–Crippen MR) is 62.0 cm³/mol. The predicted octanol–water partition coefficient (Wildman–Crippen LogP) is 1.65. The summed E-state index contributed by atoms with van der Waals surface area (Å²) in [6.07, 6.45) is 8.39. The third-order valence-electron chi connectivity index (χ3n) is 3.11. The van der Waals surface area contributed by atoms with Gasteiger partial charge in [-0.3, -0.25) is 0 Å². The third kappa shape index (κ3) is 6.13. The largest absolute Gasteiger partial charge is 0.395 e. The van der Waals surface area contributed by atoms with Crippen molar-refractivity contribution in [2.75, 3.05) is 33.4 Å². The van der Waals surface area contributed by atoms with E-state index in [0.717, 1.165) is 19.7 Å². The number of aliphatic hydroxyl groups is 1. The van der Waals surface area contributed by atoms with Crippen LogP contribution >= 0.6 is 0 Å². The van der Waals surface area contributed by atoms with Gasteiger partial charge in [-0.05, 0) is 19.9 Å². The maximum atomic E-state index is 8.74. The first-order valence-corrected chi connectivity index (χ1v) is 6.24. The van der Waals surface area contributed by atoms with Crippen molar-refractivity contribution in [2.24, 2.45) is 0 Å². The van der Waals surface area contributed by atoms with Gasteiger partial charge < -0.3 is 14.7 Å². The van der Waals surface area contributed by atoms with E-state index in [0.29, 0.717) is 6.10 Å². The van der Waals surface area contributed by atoms with E-state index in [9.17, 15) is 0 Å². The number of aliphatic hydroxyl groups excluding tert-OH is 1. The monoisotopic (exact) mass is 215 g/mol. The van der Waals surface area contributed by atoms with Gasteiger partial charge in [0.2, 0.25) is 0 Å². The molecule has 0 amide bonds. The molecule has 1 fully saturated rings. The lowest BCUT2D eigenvalue weighted by atomic mass is 10.1. The number of nitrogens with zero attached hydrogens (tertiary/aromatic N) is 1. The summed E-state index contributed by atoms with van der Waals surface area (Å²) in [5.74, 6) is 0. The number of hydrogen-bond acceptors (Lipinski definition) is 3. The van der Waals surface area contributed by atoms with E-state index >= 15 is 0 Å². The summed E-state index contributed by atoms with van der Waals surface area (Å²) >= 11 is 0. The SMILES string of the molecule is CN(CCO)CCOC1CCCCCC1. The topological polar surface area (TPSA) is 32.7 Å². The van der Waals surface area contributed by atoms with Crippen molar-refractivity contribution >= 4 is 0 Å². The molecule has 0 aromatic heterocycles. The van der Waals surface area contributed by atoms with Crippen molar-refractivity contribution in [3.8, 4) is 0 Å². The van der Waals surface area contributed by atoms with Gasteiger partial charge in [-0.15, -0.1) is 0 Å². The zero-order chi connectivity index (χ0) is 10.9. The van der Waals surface area contributed by atoms with Gasteiger partial charge in [-0.2, -0.15) is 0 Å². The smallest absolute Gasteiger partial charge is 0.0597 e. The van der Waals surface area contributed by atoms with E-state index in [4.69, 9.17) is 9.84 Å². The second-order valence-corrected chi connectivity index (χ2v) is 4.51. The van der Waals surface area contributed by atoms with Crippen molar-refractivity contribution < 1.29 is 9.84 Å². The van der Waals surface area contributed by atoms with E-state index in [1.807, 2.05) is 7.05 Å². The van der Waals surface area contributed by atoms with Gasteiger partial charge in [0.15, 0.2) is 0 Å². The molecular weight excluding hydrogens is 190 g/mol. The number of ether oxygens (including phenoxy) is 1. The fourth-order valence-electron chi connectivity index (χ4n) is 2.07. The van der Waals surface area contributed by atoms with E-state index in [1.165, 1.54) is 38.5 Å². The second kappa shape index (κ2) is 8.08. The fourth-order valence-corrected chi connectivity index (χ4v) is 2.07. The Morgan fingerprint density at radius 2 is 1.80 bits per heavy atom. The molecule has 0 bridgehead atoms. The van der Waals surface area contributed by atoms with E-state index in [2.05, 4.69) is 4.90 Å². The summed E-state index contributed by atoms with van der Waals surface area (Å²) < 4.78 is 5.86. The highest BCUT2D eigenvalue weighted by Crippen LogP contribution is 2.19. The van der Waals surface area contributed by atoms with Gasteiger partial charge in [0, 0.05) is 13.1 Å². The minimum Gasteiger partial charge on any atom is -0.395 e. The molecule has 1 rings (SSSR count). The lowest BCUT2D eigenvalue weighted by molar-refractivity contribution is 0.0305. The van der Waals surface area contributed by atoms with Crippen molar-refractivity contribution in [2.45, 2.75) is 44.6 Å². The molecule has 0 aromatic carbocycles. The summed E-state index contributed by atoms with van der Waals surface area (Å²) in [6, 6.07) is 0. The maximum absolute atomic E-state index is 8.74. The van der Waals surface area contributed by atoms with Crippen molar-refractivity contribution in [1.82, 2.24) is 4.90 Å². The van der Waals surface area contributed by atoms with Gasteiger partial charge in [-0.25, -0.2) is 0 Å². The Kier molecular flexibility index (Phi) is 6.98. The Bertz CT molecular complexity index is 145. The third-order valence-corrected chi connectivity index (χ3v) is 3.11. The Labute approximate surface area is 93.4 Å². The molecule has 0 atom stereocenters. The molecule has 90 valence electrons. The number of rotatable bonds is 6. The molecule has 1 aliphatic carbocycles. The molecule has 1 saturated carbocycles. The molecule has 0 aromatic rings. The van der Waals surface area contributed by atoms with Crippen LogP contribution in [0.3, 0.4) is 0 Å². The average Bonchev–Trinajstić information content (AvgIpc) is 2.47. The summed E-state index contributed by atoms with van der Waals surface area (Å²) in [5, 5.41) is 8.74. The van der Waals surface area contributed by atoms with Crippen LogP contribution < -0.4 is 0 Å². The second-order valence-electron chi connectivity index (χ2n) is 4.51. The Balaban J connectivity index is 2.02. The molecule has 15 heavy (non-hydrogen) atoms. The number of hydrogen-bond donors (Lipinski definition) is 1. The highest BCUT2D eigenvalue weighted by atomic mass is 16.5. The van der Waals surface area contributed by atoms with Crippen molar-refractivity contribution in [1.29, 1.82) is 0 Å². The first-order valence-electron chi connectivity index (χ1n) is 6.24. The highest BCUT2D eigenvalue weighted by Gasteiger charge is 2.12. The zero-order valence-electron chi connectivity index (χ0n) is 9.95. The molecule has 1 aliphatic rings. The van der Waals surface area contributed by atoms with Crippen LogP contribution in [0.4, 0.5) is 0 Å². The van der Waals surface area contributed by atoms with Gasteiger partial charge in [-0.1, -0.05) is 25.7 Å². The summed E-state index contributed by atoms with van der Waals surface area (Å²) in [5.41, 5.74) is 0. The summed E-state index contributed by atoms with van der Waals surface area (Å²) in [4.78, 5) is 2.11. The van der Waals surface area contributed by atoms with Gasteiger partial charge in [0.1, 0.15) is 0 Å². The van der Waals surface area contributed by atoms with Crippen LogP contribution in [-0.4, -0.2) is 49.5 Å². The molecule has 3 heteroatoms. The Hall–Kier alpha value is -0.120. The summed E-state index contributed by atoms with van der Waals surface area (Å²) in [7, 11) is 2.02. The molecule has 0 spiro atoms. The molecule has 0 heterocycles. The molecule has 0 unspecified atom stereocenters.